The van der Waals surface area contributed by atoms with Crippen LogP contribution in [0.3, 0.4) is 0 Å². The second-order valence-corrected chi connectivity index (χ2v) is 10.0. The number of aliphatic carboxylic acids is 1. The van der Waals surface area contributed by atoms with Crippen molar-refractivity contribution in [1.29, 1.82) is 0 Å². The van der Waals surface area contributed by atoms with Gasteiger partial charge in [-0.1, -0.05) is 38.1 Å². The number of carbonyl (C=O) groups is 2. The highest BCUT2D eigenvalue weighted by Crippen LogP contribution is 2.29. The van der Waals surface area contributed by atoms with E-state index in [9.17, 15) is 23.1 Å². The number of carboxylic acid groups (broad SMARTS) is 1. The Labute approximate surface area is 178 Å². The third-order valence-electron chi connectivity index (χ3n) is 6.32. The monoisotopic (exact) mass is 434 g/mol. The topological polar surface area (TPSA) is 95.0 Å². The fourth-order valence-corrected chi connectivity index (χ4v) is 5.52. The third-order valence-corrected chi connectivity index (χ3v) is 8.23. The smallest absolute Gasteiger partial charge is 0.307 e. The normalized spacial score (nSPS) is 23.9. The van der Waals surface area contributed by atoms with E-state index < -0.39 is 27.8 Å². The zero-order valence-corrected chi connectivity index (χ0v) is 18.3. The molecule has 0 bridgehead atoms. The number of allylic oxidation sites excluding steroid dienone is 2. The van der Waals surface area contributed by atoms with E-state index in [1.54, 1.807) is 23.1 Å². The van der Waals surface area contributed by atoms with Crippen LogP contribution in [0.2, 0.25) is 0 Å². The van der Waals surface area contributed by atoms with Crippen LogP contribution in [0.15, 0.2) is 41.3 Å². The lowest BCUT2D eigenvalue weighted by molar-refractivity contribution is -0.151. The minimum absolute atomic E-state index is 0.193. The van der Waals surface area contributed by atoms with Crippen LogP contribution >= 0.6 is 0 Å². The van der Waals surface area contributed by atoms with Gasteiger partial charge in [0.15, 0.2) is 0 Å². The predicted molar refractivity (Wildman–Crippen MR) is 113 cm³/mol. The maximum absolute atomic E-state index is 13.0. The van der Waals surface area contributed by atoms with Gasteiger partial charge in [0.2, 0.25) is 15.9 Å². The Balaban J connectivity index is 1.65. The SMILES string of the molecule is CC[C@H](C)c1ccc(S(=O)(=O)N2CCN(C(=O)[C@@H]3CC=CC[C@H]3C(=O)O)CC2)cc1. The van der Waals surface area contributed by atoms with Crippen LogP contribution in [0, 0.1) is 11.8 Å². The number of rotatable bonds is 6. The summed E-state index contributed by atoms with van der Waals surface area (Å²) in [6.07, 6.45) is 5.41. The molecule has 3 atom stereocenters. The molecule has 8 heteroatoms. The predicted octanol–water partition coefficient (Wildman–Crippen LogP) is 2.70. The van der Waals surface area contributed by atoms with Crippen LogP contribution in [0.4, 0.5) is 0 Å². The van der Waals surface area contributed by atoms with E-state index >= 15 is 0 Å². The average Bonchev–Trinajstić information content (AvgIpc) is 2.78. The van der Waals surface area contributed by atoms with E-state index in [1.165, 1.54) is 4.31 Å². The Morgan fingerprint density at radius 2 is 1.60 bits per heavy atom. The average molecular weight is 435 g/mol. The summed E-state index contributed by atoms with van der Waals surface area (Å²) in [4.78, 5) is 26.2. The molecule has 0 aromatic heterocycles. The first kappa shape index (κ1) is 22.5. The van der Waals surface area contributed by atoms with Crippen molar-refractivity contribution >= 4 is 21.9 Å². The van der Waals surface area contributed by atoms with E-state index in [2.05, 4.69) is 13.8 Å². The van der Waals surface area contributed by atoms with Crippen LogP contribution in [0.25, 0.3) is 0 Å². The molecule has 1 aromatic rings. The summed E-state index contributed by atoms with van der Waals surface area (Å²) in [6, 6.07) is 7.03. The van der Waals surface area contributed by atoms with Crippen LogP contribution in [0.1, 0.15) is 44.6 Å². The fraction of sp³-hybridized carbons (Fsp3) is 0.545. The molecule has 0 spiro atoms. The van der Waals surface area contributed by atoms with Crippen LogP contribution in [0.5, 0.6) is 0 Å². The number of nitrogens with zero attached hydrogens (tertiary/aromatic N) is 2. The van der Waals surface area contributed by atoms with Crippen LogP contribution in [-0.4, -0.2) is 60.8 Å². The maximum atomic E-state index is 13.0. The van der Waals surface area contributed by atoms with Gasteiger partial charge in [-0.2, -0.15) is 4.31 Å². The number of carbonyl (C=O) groups excluding carboxylic acids is 1. The summed E-state index contributed by atoms with van der Waals surface area (Å²) >= 11 is 0. The Bertz CT molecular complexity index is 902. The van der Waals surface area contributed by atoms with Crippen LogP contribution < -0.4 is 0 Å². The Morgan fingerprint density at radius 3 is 2.13 bits per heavy atom. The van der Waals surface area contributed by atoms with E-state index in [4.69, 9.17) is 0 Å². The fourth-order valence-electron chi connectivity index (χ4n) is 4.10. The third kappa shape index (κ3) is 4.59. The maximum Gasteiger partial charge on any atom is 0.307 e. The molecule has 1 fully saturated rings. The van der Waals surface area contributed by atoms with Gasteiger partial charge in [0, 0.05) is 26.2 Å². The highest BCUT2D eigenvalue weighted by atomic mass is 32.2. The number of carboxylic acids is 1. The van der Waals surface area contributed by atoms with E-state index in [-0.39, 0.29) is 37.0 Å². The van der Waals surface area contributed by atoms with E-state index in [0.717, 1.165) is 12.0 Å². The summed E-state index contributed by atoms with van der Waals surface area (Å²) < 4.78 is 27.4. The molecule has 30 heavy (non-hydrogen) atoms. The minimum atomic E-state index is -3.62. The zero-order chi connectivity index (χ0) is 21.9. The number of amides is 1. The molecule has 1 N–H and O–H groups in total. The van der Waals surface area contributed by atoms with Crippen molar-refractivity contribution in [3.8, 4) is 0 Å². The Morgan fingerprint density at radius 1 is 1.03 bits per heavy atom. The van der Waals surface area contributed by atoms with Crippen molar-refractivity contribution in [1.82, 2.24) is 9.21 Å². The van der Waals surface area contributed by atoms with Gasteiger partial charge in [-0.3, -0.25) is 9.59 Å². The summed E-state index contributed by atoms with van der Waals surface area (Å²) in [5.41, 5.74) is 1.11. The molecular weight excluding hydrogens is 404 g/mol. The molecule has 2 aliphatic rings. The summed E-state index contributed by atoms with van der Waals surface area (Å²) in [5.74, 6) is -2.07. The lowest BCUT2D eigenvalue weighted by Gasteiger charge is -2.37. The lowest BCUT2D eigenvalue weighted by Crippen LogP contribution is -2.53. The van der Waals surface area contributed by atoms with Crippen molar-refractivity contribution in [2.24, 2.45) is 11.8 Å². The molecule has 164 valence electrons. The Kier molecular flexibility index (Phi) is 6.98. The Hall–Kier alpha value is -2.19. The zero-order valence-electron chi connectivity index (χ0n) is 17.5. The molecule has 1 saturated heterocycles. The quantitative estimate of drug-likeness (QED) is 0.695. The number of hydrogen-bond donors (Lipinski definition) is 1. The van der Waals surface area contributed by atoms with Gasteiger partial charge in [0.25, 0.3) is 0 Å². The van der Waals surface area contributed by atoms with Gasteiger partial charge in [-0.25, -0.2) is 8.42 Å². The van der Waals surface area contributed by atoms with Crippen molar-refractivity contribution in [2.45, 2.75) is 43.9 Å². The summed E-state index contributed by atoms with van der Waals surface area (Å²) in [6.45, 7) is 5.17. The molecule has 0 saturated carbocycles. The molecule has 0 radical (unpaired) electrons. The first-order valence-corrected chi connectivity index (χ1v) is 12.0. The molecule has 1 aliphatic heterocycles. The van der Waals surface area contributed by atoms with E-state index in [0.29, 0.717) is 18.8 Å². The number of hydrogen-bond acceptors (Lipinski definition) is 4. The molecule has 1 heterocycles. The highest BCUT2D eigenvalue weighted by Gasteiger charge is 2.38. The second kappa shape index (κ2) is 9.31. The standard InChI is InChI=1S/C22H30N2O5S/c1-3-16(2)17-8-10-18(11-9-17)30(28,29)24-14-12-23(13-15-24)21(25)19-6-4-5-7-20(19)22(26)27/h4-5,8-11,16,19-20H,3,6-7,12-15H2,1-2H3,(H,26,27)/t16-,19+,20+/m0/s1. The van der Waals surface area contributed by atoms with Crippen molar-refractivity contribution < 1.29 is 23.1 Å². The number of sulfonamides is 1. The first-order valence-electron chi connectivity index (χ1n) is 10.5. The van der Waals surface area contributed by atoms with Crippen LogP contribution in [-0.2, 0) is 19.6 Å². The van der Waals surface area contributed by atoms with Gasteiger partial charge in [-0.15, -0.1) is 0 Å². The van der Waals surface area contributed by atoms with E-state index in [1.807, 2.05) is 18.2 Å². The van der Waals surface area contributed by atoms with Crippen molar-refractivity contribution in [3.63, 3.8) is 0 Å². The minimum Gasteiger partial charge on any atom is -0.481 e. The van der Waals surface area contributed by atoms with Crippen molar-refractivity contribution in [3.05, 3.63) is 42.0 Å². The first-order chi connectivity index (χ1) is 14.3. The molecular formula is C22H30N2O5S. The molecule has 1 aliphatic carbocycles. The highest BCUT2D eigenvalue weighted by molar-refractivity contribution is 7.89. The summed E-state index contributed by atoms with van der Waals surface area (Å²) in [5, 5.41) is 9.41. The largest absolute Gasteiger partial charge is 0.481 e. The molecule has 1 aromatic carbocycles. The number of benzene rings is 1. The molecule has 0 unspecified atom stereocenters. The number of piperazine rings is 1. The van der Waals surface area contributed by atoms with Gasteiger partial charge in [0.1, 0.15) is 0 Å². The second-order valence-electron chi connectivity index (χ2n) is 8.10. The molecule has 1 amide bonds. The molecule has 3 rings (SSSR count). The molecule has 7 nitrogen and oxygen atoms in total. The lowest BCUT2D eigenvalue weighted by atomic mass is 9.82. The van der Waals surface area contributed by atoms with Gasteiger partial charge < -0.3 is 10.0 Å². The summed E-state index contributed by atoms with van der Waals surface area (Å²) in [7, 11) is -3.62. The van der Waals surface area contributed by atoms with Crippen molar-refractivity contribution in [2.75, 3.05) is 26.2 Å². The van der Waals surface area contributed by atoms with Gasteiger partial charge in [0.05, 0.1) is 16.7 Å². The van der Waals surface area contributed by atoms with Gasteiger partial charge in [-0.05, 0) is 42.9 Å². The van der Waals surface area contributed by atoms with Gasteiger partial charge >= 0.3 is 5.97 Å².